The molecule has 0 amide bonds. The molecule has 11 heteroatoms. The van der Waals surface area contributed by atoms with E-state index in [9.17, 15) is 4.79 Å². The van der Waals surface area contributed by atoms with Crippen LogP contribution in [0.4, 0.5) is 0 Å². The maximum absolute atomic E-state index is 13.4. The van der Waals surface area contributed by atoms with E-state index in [0.29, 0.717) is 41.6 Å². The number of morpholine rings is 1. The van der Waals surface area contributed by atoms with Gasteiger partial charge in [-0.1, -0.05) is 6.58 Å². The Labute approximate surface area is 207 Å². The van der Waals surface area contributed by atoms with Crippen molar-refractivity contribution in [2.75, 3.05) is 34.4 Å². The summed E-state index contributed by atoms with van der Waals surface area (Å²) in [5, 5.41) is 4.90. The number of aromatic nitrogens is 5. The van der Waals surface area contributed by atoms with Gasteiger partial charge in [0.15, 0.2) is 17.1 Å². The van der Waals surface area contributed by atoms with Crippen molar-refractivity contribution in [1.29, 1.82) is 0 Å². The first-order valence-electron chi connectivity index (χ1n) is 11.5. The van der Waals surface area contributed by atoms with Crippen molar-refractivity contribution < 1.29 is 18.9 Å². The van der Waals surface area contributed by atoms with E-state index in [1.807, 2.05) is 25.1 Å². The zero-order valence-electron chi connectivity index (χ0n) is 20.7. The van der Waals surface area contributed by atoms with Gasteiger partial charge in [-0.15, -0.1) is 0 Å². The van der Waals surface area contributed by atoms with Crippen molar-refractivity contribution in [3.63, 3.8) is 0 Å². The van der Waals surface area contributed by atoms with Gasteiger partial charge >= 0.3 is 5.69 Å². The first kappa shape index (κ1) is 23.6. The molecule has 36 heavy (non-hydrogen) atoms. The predicted octanol–water partition coefficient (Wildman–Crippen LogP) is 2.25. The summed E-state index contributed by atoms with van der Waals surface area (Å²) in [6, 6.07) is 5.64. The highest BCUT2D eigenvalue weighted by Gasteiger charge is 2.21. The Morgan fingerprint density at radius 1 is 1.03 bits per heavy atom. The van der Waals surface area contributed by atoms with Crippen LogP contribution in [0.3, 0.4) is 0 Å². The van der Waals surface area contributed by atoms with Crippen LogP contribution in [0.25, 0.3) is 16.7 Å². The lowest BCUT2D eigenvalue weighted by Gasteiger charge is -2.32. The third kappa shape index (κ3) is 4.22. The van der Waals surface area contributed by atoms with E-state index in [-0.39, 0.29) is 18.3 Å². The van der Waals surface area contributed by atoms with E-state index >= 15 is 0 Å². The molecule has 4 aromatic rings. The number of pyridine rings is 1. The summed E-state index contributed by atoms with van der Waals surface area (Å²) in [7, 11) is 4.65. The van der Waals surface area contributed by atoms with Crippen LogP contribution in [0.1, 0.15) is 18.1 Å². The monoisotopic (exact) mass is 492 g/mol. The topological polar surface area (TPSA) is 105 Å². The number of hydrogen-bond donors (Lipinski definition) is 0. The van der Waals surface area contributed by atoms with Crippen molar-refractivity contribution in [3.05, 3.63) is 64.7 Å². The van der Waals surface area contributed by atoms with Gasteiger partial charge in [0.25, 0.3) is 0 Å². The Hall–Kier alpha value is -4.12. The van der Waals surface area contributed by atoms with Crippen molar-refractivity contribution in [3.8, 4) is 17.2 Å². The SMILES string of the molecule is C=C1CN(Cc2cnc3c(c2)c2ncnn2c(=O)n3Cc2cc(OC)c(OC)c(OC)c2)C[C@H](C)O1. The van der Waals surface area contributed by atoms with Crippen LogP contribution >= 0.6 is 0 Å². The molecule has 0 radical (unpaired) electrons. The highest BCUT2D eigenvalue weighted by atomic mass is 16.5. The Morgan fingerprint density at radius 3 is 2.44 bits per heavy atom. The third-order valence-electron chi connectivity index (χ3n) is 6.13. The van der Waals surface area contributed by atoms with E-state index in [2.05, 4.69) is 21.6 Å². The molecular formula is C25H28N6O5. The number of nitrogens with zero attached hydrogens (tertiary/aromatic N) is 6. The van der Waals surface area contributed by atoms with Crippen LogP contribution in [0.5, 0.6) is 17.2 Å². The Bertz CT molecular complexity index is 1490. The molecule has 0 bridgehead atoms. The lowest BCUT2D eigenvalue weighted by molar-refractivity contribution is 0.0308. The Morgan fingerprint density at radius 2 is 1.78 bits per heavy atom. The van der Waals surface area contributed by atoms with Gasteiger partial charge < -0.3 is 18.9 Å². The van der Waals surface area contributed by atoms with Gasteiger partial charge in [0.05, 0.1) is 39.8 Å². The molecule has 1 aliphatic heterocycles. The molecule has 0 saturated carbocycles. The van der Waals surface area contributed by atoms with E-state index < -0.39 is 0 Å². The second-order valence-electron chi connectivity index (χ2n) is 8.75. The standard InChI is InChI=1S/C25H28N6O5/c1-15-10-29(11-16(2)36-15)12-18-6-19-23(26-9-18)30(25(32)31-24(19)27-14-28-31)13-17-7-20(33-3)22(35-5)21(8-17)34-4/h6-9,14,16H,1,10-13H2,2-5H3/t16-/m0/s1. The lowest BCUT2D eigenvalue weighted by Crippen LogP contribution is -2.39. The average Bonchev–Trinajstić information content (AvgIpc) is 3.36. The smallest absolute Gasteiger partial charge is 0.352 e. The summed E-state index contributed by atoms with van der Waals surface area (Å²) >= 11 is 0. The summed E-state index contributed by atoms with van der Waals surface area (Å²) in [6.45, 7) is 8.33. The third-order valence-corrected chi connectivity index (χ3v) is 6.13. The fourth-order valence-corrected chi connectivity index (χ4v) is 4.70. The van der Waals surface area contributed by atoms with Crippen LogP contribution in [-0.2, 0) is 17.8 Å². The fourth-order valence-electron chi connectivity index (χ4n) is 4.70. The summed E-state index contributed by atoms with van der Waals surface area (Å²) in [6.07, 6.45) is 3.25. The molecule has 4 heterocycles. The molecule has 0 N–H and O–H groups in total. The molecule has 0 unspecified atom stereocenters. The van der Waals surface area contributed by atoms with Crippen LogP contribution in [0.15, 0.2) is 47.9 Å². The Kier molecular flexibility index (Phi) is 6.23. The quantitative estimate of drug-likeness (QED) is 0.384. The predicted molar refractivity (Wildman–Crippen MR) is 133 cm³/mol. The normalized spacial score (nSPS) is 16.3. The molecule has 1 saturated heterocycles. The van der Waals surface area contributed by atoms with Crippen molar-refractivity contribution in [1.82, 2.24) is 29.0 Å². The van der Waals surface area contributed by atoms with Crippen LogP contribution in [0, 0.1) is 0 Å². The van der Waals surface area contributed by atoms with E-state index in [4.69, 9.17) is 23.9 Å². The minimum Gasteiger partial charge on any atom is -0.493 e. The lowest BCUT2D eigenvalue weighted by atomic mass is 10.1. The van der Waals surface area contributed by atoms with Crippen LogP contribution < -0.4 is 19.9 Å². The summed E-state index contributed by atoms with van der Waals surface area (Å²) in [5.41, 5.74) is 2.40. The van der Waals surface area contributed by atoms with E-state index in [1.165, 1.54) is 10.8 Å². The highest BCUT2D eigenvalue weighted by molar-refractivity contribution is 5.89. The van der Waals surface area contributed by atoms with Crippen LogP contribution in [-0.4, -0.2) is 69.6 Å². The van der Waals surface area contributed by atoms with Gasteiger partial charge in [-0.05, 0) is 36.2 Å². The fraction of sp³-hybridized carbons (Fsp3) is 0.360. The van der Waals surface area contributed by atoms with Crippen molar-refractivity contribution in [2.24, 2.45) is 0 Å². The molecule has 188 valence electrons. The van der Waals surface area contributed by atoms with Gasteiger partial charge in [0, 0.05) is 19.3 Å². The minimum absolute atomic E-state index is 0.0755. The molecule has 1 atom stereocenters. The Balaban J connectivity index is 1.59. The molecular weight excluding hydrogens is 464 g/mol. The minimum atomic E-state index is -0.345. The zero-order chi connectivity index (χ0) is 25.4. The second-order valence-corrected chi connectivity index (χ2v) is 8.75. The maximum Gasteiger partial charge on any atom is 0.352 e. The molecule has 5 rings (SSSR count). The number of rotatable bonds is 7. The highest BCUT2D eigenvalue weighted by Crippen LogP contribution is 2.38. The van der Waals surface area contributed by atoms with Crippen molar-refractivity contribution in [2.45, 2.75) is 26.1 Å². The first-order valence-corrected chi connectivity index (χ1v) is 11.5. The van der Waals surface area contributed by atoms with Gasteiger partial charge in [-0.3, -0.25) is 9.47 Å². The van der Waals surface area contributed by atoms with Gasteiger partial charge in [-0.25, -0.2) is 14.8 Å². The average molecular weight is 493 g/mol. The molecule has 0 aliphatic carbocycles. The molecule has 0 spiro atoms. The van der Waals surface area contributed by atoms with E-state index in [1.54, 1.807) is 32.1 Å². The maximum atomic E-state index is 13.4. The molecule has 11 nitrogen and oxygen atoms in total. The summed E-state index contributed by atoms with van der Waals surface area (Å²) in [5.74, 6) is 2.24. The largest absolute Gasteiger partial charge is 0.493 e. The number of methoxy groups -OCH3 is 3. The molecule has 3 aromatic heterocycles. The second kappa shape index (κ2) is 9.50. The van der Waals surface area contributed by atoms with Gasteiger partial charge in [-0.2, -0.15) is 9.61 Å². The molecule has 1 aliphatic rings. The summed E-state index contributed by atoms with van der Waals surface area (Å²) < 4.78 is 24.9. The number of ether oxygens (including phenoxy) is 4. The van der Waals surface area contributed by atoms with Gasteiger partial charge in [0.1, 0.15) is 23.8 Å². The van der Waals surface area contributed by atoms with Gasteiger partial charge in [0.2, 0.25) is 5.75 Å². The van der Waals surface area contributed by atoms with Crippen molar-refractivity contribution >= 4 is 16.7 Å². The first-order chi connectivity index (χ1) is 17.4. The van der Waals surface area contributed by atoms with Crippen LogP contribution in [0.2, 0.25) is 0 Å². The zero-order valence-corrected chi connectivity index (χ0v) is 20.7. The molecule has 1 fully saturated rings. The molecule has 1 aromatic carbocycles. The number of hydrogen-bond acceptors (Lipinski definition) is 9. The van der Waals surface area contributed by atoms with E-state index in [0.717, 1.165) is 28.8 Å². The number of fused-ring (bicyclic) bond motifs is 3. The number of benzene rings is 1. The summed E-state index contributed by atoms with van der Waals surface area (Å²) in [4.78, 5) is 24.7.